The second-order valence-electron chi connectivity index (χ2n) is 5.45. The Morgan fingerprint density at radius 3 is 2.74 bits per heavy atom. The number of piperidine rings is 1. The van der Waals surface area contributed by atoms with Gasteiger partial charge in [-0.1, -0.05) is 12.5 Å². The van der Waals surface area contributed by atoms with Gasteiger partial charge in [0.05, 0.1) is 6.04 Å². The number of hydrogen-bond donors (Lipinski definition) is 2. The smallest absolute Gasteiger partial charge is 0.234 e. The standard InChI is InChI=1S/C15H22N2O2/c1-10-7-12(14(18)8-11(10)2)9-17-6-4-3-5-13(17)15(16)19/h7-8,13,18H,3-6,9H2,1-2H3,(H2,16,19)/t13-/m0/s1. The summed E-state index contributed by atoms with van der Waals surface area (Å²) in [4.78, 5) is 13.6. The summed E-state index contributed by atoms with van der Waals surface area (Å²) in [5.41, 5.74) is 8.56. The third kappa shape index (κ3) is 3.07. The molecule has 2 rings (SSSR count). The molecule has 0 saturated carbocycles. The summed E-state index contributed by atoms with van der Waals surface area (Å²) in [5, 5.41) is 10.0. The number of nitrogens with two attached hydrogens (primary N) is 1. The number of carbonyl (C=O) groups is 1. The number of amides is 1. The number of nitrogens with zero attached hydrogens (tertiary/aromatic N) is 1. The van der Waals surface area contributed by atoms with Crippen molar-refractivity contribution in [3.05, 3.63) is 28.8 Å². The number of phenolic OH excluding ortho intramolecular Hbond substituents is 1. The van der Waals surface area contributed by atoms with Crippen LogP contribution in [0.4, 0.5) is 0 Å². The second kappa shape index (κ2) is 5.61. The molecule has 1 aromatic carbocycles. The average molecular weight is 262 g/mol. The molecule has 4 nitrogen and oxygen atoms in total. The van der Waals surface area contributed by atoms with Crippen molar-refractivity contribution in [1.29, 1.82) is 0 Å². The van der Waals surface area contributed by atoms with Gasteiger partial charge in [0.15, 0.2) is 0 Å². The van der Waals surface area contributed by atoms with E-state index in [4.69, 9.17) is 5.73 Å². The number of phenols is 1. The van der Waals surface area contributed by atoms with Crippen molar-refractivity contribution < 1.29 is 9.90 Å². The molecule has 1 aliphatic heterocycles. The summed E-state index contributed by atoms with van der Waals surface area (Å²) in [5.74, 6) is 0.0416. The quantitative estimate of drug-likeness (QED) is 0.873. The van der Waals surface area contributed by atoms with Crippen molar-refractivity contribution in [1.82, 2.24) is 4.90 Å². The van der Waals surface area contributed by atoms with Gasteiger partial charge in [-0.2, -0.15) is 0 Å². The van der Waals surface area contributed by atoms with Crippen LogP contribution in [0.15, 0.2) is 12.1 Å². The molecule has 0 unspecified atom stereocenters. The maximum Gasteiger partial charge on any atom is 0.234 e. The highest BCUT2D eigenvalue weighted by Gasteiger charge is 2.27. The summed E-state index contributed by atoms with van der Waals surface area (Å²) in [6, 6.07) is 3.58. The first-order chi connectivity index (χ1) is 8.99. The van der Waals surface area contributed by atoms with Gasteiger partial charge in [-0.3, -0.25) is 9.69 Å². The van der Waals surface area contributed by atoms with E-state index < -0.39 is 0 Å². The molecule has 1 aliphatic rings. The molecule has 0 aromatic heterocycles. The van der Waals surface area contributed by atoms with E-state index in [-0.39, 0.29) is 11.9 Å². The van der Waals surface area contributed by atoms with Gasteiger partial charge >= 0.3 is 0 Å². The van der Waals surface area contributed by atoms with E-state index in [0.717, 1.165) is 42.5 Å². The molecule has 19 heavy (non-hydrogen) atoms. The Labute approximate surface area is 114 Å². The predicted octanol–water partition coefficient (Wildman–Crippen LogP) is 1.85. The first-order valence-corrected chi connectivity index (χ1v) is 6.81. The zero-order valence-corrected chi connectivity index (χ0v) is 11.6. The van der Waals surface area contributed by atoms with Gasteiger partial charge in [-0.05, 0) is 50.4 Å². The topological polar surface area (TPSA) is 66.6 Å². The lowest BCUT2D eigenvalue weighted by atomic mass is 9.99. The van der Waals surface area contributed by atoms with Gasteiger partial charge in [-0.15, -0.1) is 0 Å². The van der Waals surface area contributed by atoms with Gasteiger partial charge in [0, 0.05) is 12.1 Å². The fraction of sp³-hybridized carbons (Fsp3) is 0.533. The zero-order valence-electron chi connectivity index (χ0n) is 11.6. The van der Waals surface area contributed by atoms with Crippen LogP contribution >= 0.6 is 0 Å². The third-order valence-corrected chi connectivity index (χ3v) is 4.01. The van der Waals surface area contributed by atoms with Crippen molar-refractivity contribution in [2.24, 2.45) is 5.73 Å². The minimum atomic E-state index is -0.261. The van der Waals surface area contributed by atoms with Gasteiger partial charge in [0.1, 0.15) is 5.75 Å². The molecule has 4 heteroatoms. The number of rotatable bonds is 3. The van der Waals surface area contributed by atoms with Gasteiger partial charge in [0.25, 0.3) is 0 Å². The van der Waals surface area contributed by atoms with E-state index in [9.17, 15) is 9.90 Å². The molecule has 0 aliphatic carbocycles. The molecule has 0 spiro atoms. The average Bonchev–Trinajstić information content (AvgIpc) is 2.36. The lowest BCUT2D eigenvalue weighted by molar-refractivity contribution is -0.124. The Balaban J connectivity index is 2.19. The summed E-state index contributed by atoms with van der Waals surface area (Å²) < 4.78 is 0. The molecule has 1 fully saturated rings. The normalized spacial score (nSPS) is 20.4. The predicted molar refractivity (Wildman–Crippen MR) is 74.8 cm³/mol. The highest BCUT2D eigenvalue weighted by atomic mass is 16.3. The van der Waals surface area contributed by atoms with Gasteiger partial charge in [-0.25, -0.2) is 0 Å². The monoisotopic (exact) mass is 262 g/mol. The molecule has 0 radical (unpaired) electrons. The van der Waals surface area contributed by atoms with E-state index in [2.05, 4.69) is 4.90 Å². The van der Waals surface area contributed by atoms with Crippen LogP contribution in [0.25, 0.3) is 0 Å². The van der Waals surface area contributed by atoms with Crippen molar-refractivity contribution in [3.8, 4) is 5.75 Å². The molecule has 1 saturated heterocycles. The minimum Gasteiger partial charge on any atom is -0.508 e. The molecular weight excluding hydrogens is 240 g/mol. The number of carbonyl (C=O) groups excluding carboxylic acids is 1. The van der Waals surface area contributed by atoms with Crippen LogP contribution in [0.3, 0.4) is 0 Å². The minimum absolute atomic E-state index is 0.199. The Bertz CT molecular complexity index is 485. The Hall–Kier alpha value is -1.55. The first-order valence-electron chi connectivity index (χ1n) is 6.81. The van der Waals surface area contributed by atoms with Crippen LogP contribution < -0.4 is 5.73 Å². The Kier molecular flexibility index (Phi) is 4.10. The molecule has 104 valence electrons. The van der Waals surface area contributed by atoms with Crippen LogP contribution in [0.2, 0.25) is 0 Å². The largest absolute Gasteiger partial charge is 0.508 e. The maximum absolute atomic E-state index is 11.5. The van der Waals surface area contributed by atoms with Crippen molar-refractivity contribution >= 4 is 5.91 Å². The van der Waals surface area contributed by atoms with Crippen molar-refractivity contribution in [2.45, 2.75) is 45.7 Å². The van der Waals surface area contributed by atoms with E-state index in [1.807, 2.05) is 19.9 Å². The summed E-state index contributed by atoms with van der Waals surface area (Å²) in [6.45, 7) is 5.45. The highest BCUT2D eigenvalue weighted by molar-refractivity contribution is 5.79. The molecule has 1 amide bonds. The number of likely N-dealkylation sites (tertiary alicyclic amines) is 1. The van der Waals surface area contributed by atoms with E-state index in [1.54, 1.807) is 6.07 Å². The van der Waals surface area contributed by atoms with E-state index in [0.29, 0.717) is 12.3 Å². The molecule has 3 N–H and O–H groups in total. The van der Waals surface area contributed by atoms with Crippen LogP contribution in [0, 0.1) is 13.8 Å². The summed E-state index contributed by atoms with van der Waals surface area (Å²) in [7, 11) is 0. The fourth-order valence-electron chi connectivity index (χ4n) is 2.71. The van der Waals surface area contributed by atoms with Crippen LogP contribution in [-0.4, -0.2) is 28.5 Å². The molecular formula is C15H22N2O2. The van der Waals surface area contributed by atoms with Crippen LogP contribution in [0.1, 0.15) is 36.0 Å². The highest BCUT2D eigenvalue weighted by Crippen LogP contribution is 2.26. The molecule has 1 atom stereocenters. The number of aromatic hydroxyl groups is 1. The number of aryl methyl sites for hydroxylation is 2. The van der Waals surface area contributed by atoms with Gasteiger partial charge in [0.2, 0.25) is 5.91 Å². The zero-order chi connectivity index (χ0) is 14.0. The Morgan fingerprint density at radius 1 is 1.37 bits per heavy atom. The molecule has 1 heterocycles. The van der Waals surface area contributed by atoms with Crippen molar-refractivity contribution in [3.63, 3.8) is 0 Å². The third-order valence-electron chi connectivity index (χ3n) is 4.01. The van der Waals surface area contributed by atoms with Gasteiger partial charge < -0.3 is 10.8 Å². The van der Waals surface area contributed by atoms with E-state index >= 15 is 0 Å². The van der Waals surface area contributed by atoms with Crippen molar-refractivity contribution in [2.75, 3.05) is 6.54 Å². The van der Waals surface area contributed by atoms with E-state index in [1.165, 1.54) is 0 Å². The number of primary amides is 1. The summed E-state index contributed by atoms with van der Waals surface area (Å²) in [6.07, 6.45) is 2.94. The SMILES string of the molecule is Cc1cc(O)c(CN2CCCC[C@H]2C(N)=O)cc1C. The lowest BCUT2D eigenvalue weighted by Gasteiger charge is -2.33. The first kappa shape index (κ1) is 13.9. The molecule has 0 bridgehead atoms. The number of hydrogen-bond acceptors (Lipinski definition) is 3. The number of benzene rings is 1. The van der Waals surface area contributed by atoms with Crippen LogP contribution in [0.5, 0.6) is 5.75 Å². The van der Waals surface area contributed by atoms with Crippen LogP contribution in [-0.2, 0) is 11.3 Å². The Morgan fingerprint density at radius 2 is 2.05 bits per heavy atom. The molecule has 1 aromatic rings. The lowest BCUT2D eigenvalue weighted by Crippen LogP contribution is -2.47. The second-order valence-corrected chi connectivity index (χ2v) is 5.45. The fourth-order valence-corrected chi connectivity index (χ4v) is 2.71. The summed E-state index contributed by atoms with van der Waals surface area (Å²) >= 11 is 0. The maximum atomic E-state index is 11.5.